The van der Waals surface area contributed by atoms with E-state index in [4.69, 9.17) is 5.11 Å². The molecule has 2 N–H and O–H groups in total. The van der Waals surface area contributed by atoms with Gasteiger partial charge >= 0.3 is 5.97 Å². The summed E-state index contributed by atoms with van der Waals surface area (Å²) in [5, 5.41) is 11.0. The Hall–Kier alpha value is -1.43. The van der Waals surface area contributed by atoms with Crippen LogP contribution in [0.3, 0.4) is 0 Å². The van der Waals surface area contributed by atoms with E-state index >= 15 is 0 Å². The molecule has 0 aliphatic carbocycles. The van der Waals surface area contributed by atoms with Gasteiger partial charge in [-0.25, -0.2) is 4.39 Å². The number of carboxylic acid groups (broad SMARTS) is 1. The van der Waals surface area contributed by atoms with Crippen LogP contribution in [-0.4, -0.2) is 17.0 Å². The number of carboxylic acids is 1. The largest absolute Gasteiger partial charge is 0.481 e. The Balaban J connectivity index is 2.77. The van der Waals surface area contributed by atoms with Gasteiger partial charge in [-0.15, -0.1) is 0 Å². The number of anilines is 1. The molecule has 0 aliphatic heterocycles. The molecule has 1 unspecified atom stereocenters. The van der Waals surface area contributed by atoms with Crippen LogP contribution < -0.4 is 5.32 Å². The predicted octanol–water partition coefficient (Wildman–Crippen LogP) is 2.25. The maximum Gasteiger partial charge on any atom is 0.315 e. The standard InChI is InChI=1S/C10H9BrFNO3/c1-5(10(15)16)9(14)13-6-2-3-8(12)7(11)4-6/h2-5H,1H3,(H,13,14)(H,15,16). The van der Waals surface area contributed by atoms with Crippen molar-refractivity contribution in [3.8, 4) is 0 Å². The highest BCUT2D eigenvalue weighted by molar-refractivity contribution is 9.10. The number of carbonyl (C=O) groups excluding carboxylic acids is 1. The van der Waals surface area contributed by atoms with E-state index in [-0.39, 0.29) is 4.47 Å². The molecular weight excluding hydrogens is 281 g/mol. The van der Waals surface area contributed by atoms with Crippen molar-refractivity contribution in [2.45, 2.75) is 6.92 Å². The zero-order valence-corrected chi connectivity index (χ0v) is 9.92. The lowest BCUT2D eigenvalue weighted by Crippen LogP contribution is -2.26. The van der Waals surface area contributed by atoms with Crippen LogP contribution in [0.1, 0.15) is 6.92 Å². The molecule has 1 amide bonds. The Morgan fingerprint density at radius 3 is 2.62 bits per heavy atom. The van der Waals surface area contributed by atoms with E-state index in [9.17, 15) is 14.0 Å². The topological polar surface area (TPSA) is 66.4 Å². The number of hydrogen-bond acceptors (Lipinski definition) is 2. The summed E-state index contributed by atoms with van der Waals surface area (Å²) in [4.78, 5) is 21.9. The summed E-state index contributed by atoms with van der Waals surface area (Å²) in [7, 11) is 0. The zero-order valence-electron chi connectivity index (χ0n) is 8.33. The van der Waals surface area contributed by atoms with Gasteiger partial charge in [0.2, 0.25) is 5.91 Å². The highest BCUT2D eigenvalue weighted by atomic mass is 79.9. The van der Waals surface area contributed by atoms with Gasteiger partial charge in [-0.05, 0) is 41.1 Å². The van der Waals surface area contributed by atoms with E-state index in [1.807, 2.05) is 0 Å². The van der Waals surface area contributed by atoms with Gasteiger partial charge in [0.05, 0.1) is 4.47 Å². The summed E-state index contributed by atoms with van der Waals surface area (Å²) < 4.78 is 13.1. The number of hydrogen-bond donors (Lipinski definition) is 2. The normalized spacial score (nSPS) is 11.9. The maximum absolute atomic E-state index is 12.9. The first-order valence-corrected chi connectivity index (χ1v) is 5.20. The Bertz CT molecular complexity index is 436. The number of nitrogens with one attached hydrogen (secondary N) is 1. The minimum Gasteiger partial charge on any atom is -0.481 e. The highest BCUT2D eigenvalue weighted by Crippen LogP contribution is 2.20. The molecule has 0 aliphatic rings. The van der Waals surface area contributed by atoms with Crippen molar-refractivity contribution in [3.63, 3.8) is 0 Å². The SMILES string of the molecule is CC(C(=O)O)C(=O)Nc1ccc(F)c(Br)c1. The van der Waals surface area contributed by atoms with Crippen LogP contribution in [0.15, 0.2) is 22.7 Å². The fourth-order valence-electron chi connectivity index (χ4n) is 0.937. The lowest BCUT2D eigenvalue weighted by atomic mass is 10.1. The van der Waals surface area contributed by atoms with E-state index in [1.165, 1.54) is 25.1 Å². The van der Waals surface area contributed by atoms with Gasteiger partial charge in [0.15, 0.2) is 0 Å². The number of amides is 1. The average molecular weight is 290 g/mol. The van der Waals surface area contributed by atoms with Crippen molar-refractivity contribution >= 4 is 33.5 Å². The molecule has 0 saturated heterocycles. The Kier molecular flexibility index (Phi) is 4.00. The molecule has 86 valence electrons. The van der Waals surface area contributed by atoms with Crippen molar-refractivity contribution in [3.05, 3.63) is 28.5 Å². The Morgan fingerprint density at radius 2 is 2.12 bits per heavy atom. The molecule has 16 heavy (non-hydrogen) atoms. The lowest BCUT2D eigenvalue weighted by molar-refractivity contribution is -0.144. The molecule has 1 rings (SSSR count). The summed E-state index contributed by atoms with van der Waals surface area (Å²) in [6, 6.07) is 3.89. The molecule has 0 heterocycles. The molecule has 0 fully saturated rings. The maximum atomic E-state index is 12.9. The van der Waals surface area contributed by atoms with Crippen molar-refractivity contribution < 1.29 is 19.1 Å². The second kappa shape index (κ2) is 5.07. The fourth-order valence-corrected chi connectivity index (χ4v) is 1.32. The van der Waals surface area contributed by atoms with Gasteiger partial charge in [0, 0.05) is 5.69 Å². The molecule has 0 aromatic heterocycles. The molecule has 0 saturated carbocycles. The molecule has 0 bridgehead atoms. The van der Waals surface area contributed by atoms with Crippen LogP contribution in [-0.2, 0) is 9.59 Å². The number of rotatable bonds is 3. The number of benzene rings is 1. The van der Waals surface area contributed by atoms with Gasteiger partial charge in [-0.1, -0.05) is 0 Å². The highest BCUT2D eigenvalue weighted by Gasteiger charge is 2.20. The van der Waals surface area contributed by atoms with Crippen LogP contribution in [0.2, 0.25) is 0 Å². The summed E-state index contributed by atoms with van der Waals surface area (Å²) in [6.45, 7) is 1.27. The smallest absolute Gasteiger partial charge is 0.315 e. The van der Waals surface area contributed by atoms with E-state index in [0.29, 0.717) is 5.69 Å². The third-order valence-electron chi connectivity index (χ3n) is 1.95. The lowest BCUT2D eigenvalue weighted by Gasteiger charge is -2.08. The quantitative estimate of drug-likeness (QED) is 0.839. The second-order valence-corrected chi connectivity index (χ2v) is 4.03. The molecule has 1 aromatic rings. The second-order valence-electron chi connectivity index (χ2n) is 3.18. The molecule has 1 atom stereocenters. The van der Waals surface area contributed by atoms with Gasteiger partial charge in [0.1, 0.15) is 11.7 Å². The van der Waals surface area contributed by atoms with Gasteiger partial charge in [0.25, 0.3) is 0 Å². The van der Waals surface area contributed by atoms with E-state index < -0.39 is 23.6 Å². The molecule has 6 heteroatoms. The van der Waals surface area contributed by atoms with Crippen LogP contribution in [0.5, 0.6) is 0 Å². The van der Waals surface area contributed by atoms with Gasteiger partial charge < -0.3 is 10.4 Å². The summed E-state index contributed by atoms with van der Waals surface area (Å²) >= 11 is 2.96. The van der Waals surface area contributed by atoms with Crippen molar-refractivity contribution in [2.75, 3.05) is 5.32 Å². The predicted molar refractivity (Wildman–Crippen MR) is 59.5 cm³/mol. The molecule has 4 nitrogen and oxygen atoms in total. The van der Waals surface area contributed by atoms with Crippen LogP contribution in [0.4, 0.5) is 10.1 Å². The first kappa shape index (κ1) is 12.6. The molecule has 0 spiro atoms. The molecule has 0 radical (unpaired) electrons. The third-order valence-corrected chi connectivity index (χ3v) is 2.56. The van der Waals surface area contributed by atoms with Crippen molar-refractivity contribution in [1.29, 1.82) is 0 Å². The first-order chi connectivity index (χ1) is 7.41. The summed E-state index contributed by atoms with van der Waals surface area (Å²) in [5.74, 6) is -3.46. The number of aliphatic carboxylic acids is 1. The zero-order chi connectivity index (χ0) is 12.3. The monoisotopic (exact) mass is 289 g/mol. The first-order valence-electron chi connectivity index (χ1n) is 4.40. The van der Waals surface area contributed by atoms with E-state index in [2.05, 4.69) is 21.2 Å². The number of carbonyl (C=O) groups is 2. The fraction of sp³-hybridized carbons (Fsp3) is 0.200. The van der Waals surface area contributed by atoms with Crippen LogP contribution in [0.25, 0.3) is 0 Å². The number of halogens is 2. The minimum atomic E-state index is -1.21. The summed E-state index contributed by atoms with van der Waals surface area (Å²) in [5.41, 5.74) is 0.339. The van der Waals surface area contributed by atoms with Gasteiger partial charge in [-0.3, -0.25) is 9.59 Å². The Morgan fingerprint density at radius 1 is 1.50 bits per heavy atom. The van der Waals surface area contributed by atoms with E-state index in [1.54, 1.807) is 0 Å². The molecule has 1 aromatic carbocycles. The van der Waals surface area contributed by atoms with E-state index in [0.717, 1.165) is 0 Å². The van der Waals surface area contributed by atoms with Gasteiger partial charge in [-0.2, -0.15) is 0 Å². The average Bonchev–Trinajstić information content (AvgIpc) is 2.22. The minimum absolute atomic E-state index is 0.202. The third kappa shape index (κ3) is 3.03. The Labute approximate surface area is 99.6 Å². The van der Waals surface area contributed by atoms with Crippen LogP contribution in [0, 0.1) is 11.7 Å². The van der Waals surface area contributed by atoms with Crippen molar-refractivity contribution in [2.24, 2.45) is 5.92 Å². The molecular formula is C10H9BrFNO3. The van der Waals surface area contributed by atoms with Crippen LogP contribution >= 0.6 is 15.9 Å². The summed E-state index contributed by atoms with van der Waals surface area (Å²) in [6.07, 6.45) is 0. The van der Waals surface area contributed by atoms with Crippen molar-refractivity contribution in [1.82, 2.24) is 0 Å².